The second-order valence-electron chi connectivity index (χ2n) is 11.6. The number of hydrogen-bond acceptors (Lipinski definition) is 6. The van der Waals surface area contributed by atoms with Crippen molar-refractivity contribution in [1.29, 1.82) is 0 Å². The highest BCUT2D eigenvalue weighted by Crippen LogP contribution is 2.28. The van der Waals surface area contributed by atoms with Gasteiger partial charge in [0.05, 0.1) is 17.2 Å². The predicted molar refractivity (Wildman–Crippen MR) is 194 cm³/mol. The molecule has 4 aromatic rings. The molecule has 2 atom stereocenters. The second-order valence-corrected chi connectivity index (χ2v) is 14.4. The molecule has 4 rings (SSSR count). The lowest BCUT2D eigenvalue weighted by atomic mass is 10.0. The molecule has 0 aliphatic carbocycles. The van der Waals surface area contributed by atoms with Gasteiger partial charge in [-0.1, -0.05) is 67.1 Å². The largest absolute Gasteiger partial charge is 0.494 e. The van der Waals surface area contributed by atoms with Gasteiger partial charge >= 0.3 is 0 Å². The summed E-state index contributed by atoms with van der Waals surface area (Å²) in [5, 5.41) is 3.07. The van der Waals surface area contributed by atoms with Gasteiger partial charge in [-0.2, -0.15) is 0 Å². The summed E-state index contributed by atoms with van der Waals surface area (Å²) in [5.41, 5.74) is 3.08. The van der Waals surface area contributed by atoms with E-state index in [4.69, 9.17) is 4.74 Å². The molecular formula is C38H45N3O5S2. The van der Waals surface area contributed by atoms with E-state index in [1.165, 1.54) is 16.7 Å². The van der Waals surface area contributed by atoms with Gasteiger partial charge in [-0.15, -0.1) is 11.8 Å². The molecule has 1 N–H and O–H groups in total. The number of hydrogen-bond donors (Lipinski definition) is 1. The molecule has 0 radical (unpaired) electrons. The number of rotatable bonds is 16. The lowest BCUT2D eigenvalue weighted by molar-refractivity contribution is -0.140. The van der Waals surface area contributed by atoms with Crippen molar-refractivity contribution in [3.05, 3.63) is 120 Å². The average molecular weight is 688 g/mol. The van der Waals surface area contributed by atoms with Gasteiger partial charge in [0.2, 0.25) is 11.8 Å². The van der Waals surface area contributed by atoms with Gasteiger partial charge < -0.3 is 15.0 Å². The first-order valence-corrected chi connectivity index (χ1v) is 18.8. The third-order valence-corrected chi connectivity index (χ3v) is 10.6. The van der Waals surface area contributed by atoms with Crippen LogP contribution in [0.2, 0.25) is 0 Å². The van der Waals surface area contributed by atoms with Gasteiger partial charge in [0.1, 0.15) is 18.3 Å². The van der Waals surface area contributed by atoms with Crippen molar-refractivity contribution in [3.63, 3.8) is 0 Å². The maximum absolute atomic E-state index is 14.6. The third-order valence-electron chi connectivity index (χ3n) is 8.11. The number of nitrogens with zero attached hydrogens (tertiary/aromatic N) is 2. The van der Waals surface area contributed by atoms with Gasteiger partial charge in [0.15, 0.2) is 0 Å². The molecule has 0 saturated carbocycles. The summed E-state index contributed by atoms with van der Waals surface area (Å²) in [6, 6.07) is 29.5. The van der Waals surface area contributed by atoms with E-state index in [0.717, 1.165) is 32.3 Å². The van der Waals surface area contributed by atoms with Crippen molar-refractivity contribution < 1.29 is 22.7 Å². The number of thioether (sulfide) groups is 1. The summed E-state index contributed by atoms with van der Waals surface area (Å²) in [4.78, 5) is 31.1. The Labute approximate surface area is 289 Å². The molecule has 0 fully saturated rings. The van der Waals surface area contributed by atoms with Gasteiger partial charge in [0.25, 0.3) is 10.0 Å². The topological polar surface area (TPSA) is 96.0 Å². The minimum Gasteiger partial charge on any atom is -0.494 e. The van der Waals surface area contributed by atoms with Crippen LogP contribution in [-0.4, -0.2) is 56.6 Å². The Morgan fingerprint density at radius 2 is 1.50 bits per heavy atom. The van der Waals surface area contributed by atoms with Crippen molar-refractivity contribution >= 4 is 39.3 Å². The zero-order valence-corrected chi connectivity index (χ0v) is 29.9. The first kappa shape index (κ1) is 36.6. The number of amides is 2. The summed E-state index contributed by atoms with van der Waals surface area (Å²) in [6.45, 7) is 7.81. The van der Waals surface area contributed by atoms with Crippen molar-refractivity contribution in [2.75, 3.05) is 23.7 Å². The van der Waals surface area contributed by atoms with E-state index in [0.29, 0.717) is 18.0 Å². The molecule has 0 unspecified atom stereocenters. The first-order chi connectivity index (χ1) is 23.0. The lowest BCUT2D eigenvalue weighted by Gasteiger charge is -2.34. The SMILES string of the molecule is CCOc1ccc(N(CC(=O)N(Cc2ccc(C)cc2)[C@H](Cc2ccccc2)C(=O)N[C@H](C)CC)S(=O)(=O)c2ccc(SC)cc2)cc1. The highest BCUT2D eigenvalue weighted by molar-refractivity contribution is 7.98. The molecule has 0 saturated heterocycles. The summed E-state index contributed by atoms with van der Waals surface area (Å²) >= 11 is 1.51. The Bertz CT molecular complexity index is 1730. The van der Waals surface area contributed by atoms with Crippen LogP contribution in [0.5, 0.6) is 5.75 Å². The number of sulfonamides is 1. The van der Waals surface area contributed by atoms with E-state index in [9.17, 15) is 18.0 Å². The molecule has 10 heteroatoms. The number of aryl methyl sites for hydroxylation is 1. The third kappa shape index (κ3) is 9.64. The smallest absolute Gasteiger partial charge is 0.264 e. The zero-order valence-electron chi connectivity index (χ0n) is 28.3. The van der Waals surface area contributed by atoms with Crippen LogP contribution in [-0.2, 0) is 32.6 Å². The summed E-state index contributed by atoms with van der Waals surface area (Å²) in [5.74, 6) is -0.217. The zero-order chi connectivity index (χ0) is 34.7. The minimum absolute atomic E-state index is 0.0578. The molecule has 0 aliphatic heterocycles. The maximum atomic E-state index is 14.6. The Morgan fingerprint density at radius 3 is 2.08 bits per heavy atom. The maximum Gasteiger partial charge on any atom is 0.264 e. The lowest BCUT2D eigenvalue weighted by Crippen LogP contribution is -2.54. The molecule has 2 amide bonds. The van der Waals surface area contributed by atoms with E-state index in [-0.39, 0.29) is 29.8 Å². The molecule has 0 aromatic heterocycles. The highest BCUT2D eigenvalue weighted by atomic mass is 32.2. The van der Waals surface area contributed by atoms with Crippen molar-refractivity contribution in [3.8, 4) is 5.75 Å². The molecule has 4 aromatic carbocycles. The molecule has 48 heavy (non-hydrogen) atoms. The van der Waals surface area contributed by atoms with E-state index in [1.54, 1.807) is 48.5 Å². The highest BCUT2D eigenvalue weighted by Gasteiger charge is 2.35. The Morgan fingerprint density at radius 1 is 0.854 bits per heavy atom. The monoisotopic (exact) mass is 687 g/mol. The molecule has 8 nitrogen and oxygen atoms in total. The Kier molecular flexibility index (Phi) is 13.1. The van der Waals surface area contributed by atoms with Crippen LogP contribution in [0.15, 0.2) is 113 Å². The molecule has 254 valence electrons. The first-order valence-electron chi connectivity index (χ1n) is 16.1. The molecule has 0 spiro atoms. The van der Waals surface area contributed by atoms with Gasteiger partial charge in [-0.3, -0.25) is 13.9 Å². The van der Waals surface area contributed by atoms with Crippen LogP contribution in [0.3, 0.4) is 0 Å². The Balaban J connectivity index is 1.80. The molecule has 0 bridgehead atoms. The summed E-state index contributed by atoms with van der Waals surface area (Å²) < 4.78 is 35.3. The van der Waals surface area contributed by atoms with E-state index < -0.39 is 28.5 Å². The van der Waals surface area contributed by atoms with Crippen molar-refractivity contribution in [2.45, 2.75) is 69.0 Å². The summed E-state index contributed by atoms with van der Waals surface area (Å²) in [6.07, 6.45) is 2.89. The minimum atomic E-state index is -4.20. The van der Waals surface area contributed by atoms with Crippen molar-refractivity contribution in [1.82, 2.24) is 10.2 Å². The number of benzene rings is 4. The normalized spacial score (nSPS) is 12.5. The van der Waals surface area contributed by atoms with Crippen LogP contribution < -0.4 is 14.4 Å². The fraction of sp³-hybridized carbons (Fsp3) is 0.316. The van der Waals surface area contributed by atoms with E-state index in [1.807, 2.05) is 88.5 Å². The number of carbonyl (C=O) groups excluding carboxylic acids is 2. The fourth-order valence-electron chi connectivity index (χ4n) is 5.16. The summed E-state index contributed by atoms with van der Waals surface area (Å²) in [7, 11) is -4.20. The van der Waals surface area contributed by atoms with Gasteiger partial charge in [-0.25, -0.2) is 8.42 Å². The van der Waals surface area contributed by atoms with E-state index >= 15 is 0 Å². The van der Waals surface area contributed by atoms with Gasteiger partial charge in [0, 0.05) is 23.9 Å². The number of anilines is 1. The fourth-order valence-corrected chi connectivity index (χ4v) is 6.99. The predicted octanol–water partition coefficient (Wildman–Crippen LogP) is 6.87. The number of carbonyl (C=O) groups is 2. The second kappa shape index (κ2) is 17.2. The number of nitrogens with one attached hydrogen (secondary N) is 1. The van der Waals surface area contributed by atoms with E-state index in [2.05, 4.69) is 5.32 Å². The average Bonchev–Trinajstić information content (AvgIpc) is 3.10. The molecule has 0 heterocycles. The van der Waals surface area contributed by atoms with Gasteiger partial charge in [-0.05, 0) is 93.1 Å². The van der Waals surface area contributed by atoms with Crippen LogP contribution in [0.4, 0.5) is 5.69 Å². The van der Waals surface area contributed by atoms with Crippen LogP contribution >= 0.6 is 11.8 Å². The van der Waals surface area contributed by atoms with Crippen LogP contribution in [0, 0.1) is 6.92 Å². The Hall–Kier alpha value is -4.28. The van der Waals surface area contributed by atoms with Crippen LogP contribution in [0.25, 0.3) is 0 Å². The van der Waals surface area contributed by atoms with Crippen LogP contribution in [0.1, 0.15) is 43.9 Å². The standard InChI is InChI=1S/C38H45N3O5S2/c1-6-29(4)39-38(43)36(25-30-11-9-8-10-12-30)40(26-31-15-13-28(3)14-16-31)37(42)27-41(32-17-19-33(20-18-32)46-7-2)48(44,45)35-23-21-34(47-5)22-24-35/h8-24,29,36H,6-7,25-27H2,1-5H3,(H,39,43)/t29-,36-/m1/s1. The quantitative estimate of drug-likeness (QED) is 0.129. The molecule has 0 aliphatic rings. The van der Waals surface area contributed by atoms with Crippen molar-refractivity contribution in [2.24, 2.45) is 0 Å². The molecular weight excluding hydrogens is 643 g/mol. The number of ether oxygens (including phenoxy) is 1.